The van der Waals surface area contributed by atoms with Crippen molar-refractivity contribution in [1.29, 1.82) is 0 Å². The number of hydrogen-bond acceptors (Lipinski definition) is 3. The molecule has 5 heteroatoms. The fourth-order valence-corrected chi connectivity index (χ4v) is 2.07. The van der Waals surface area contributed by atoms with Crippen LogP contribution < -0.4 is 5.32 Å². The van der Waals surface area contributed by atoms with Crippen LogP contribution in [0.5, 0.6) is 0 Å². The lowest BCUT2D eigenvalue weighted by atomic mass is 10.1. The predicted octanol–water partition coefficient (Wildman–Crippen LogP) is 1.83. The first-order chi connectivity index (χ1) is 9.79. The van der Waals surface area contributed by atoms with Crippen LogP contribution >= 0.6 is 0 Å². The lowest BCUT2D eigenvalue weighted by Crippen LogP contribution is -2.38. The van der Waals surface area contributed by atoms with Crippen molar-refractivity contribution in [3.05, 3.63) is 23.9 Å². The zero-order valence-corrected chi connectivity index (χ0v) is 11.4. The van der Waals surface area contributed by atoms with Gasteiger partial charge in [-0.25, -0.2) is 9.78 Å². The summed E-state index contributed by atoms with van der Waals surface area (Å²) in [5.74, 6) is 6.17. The van der Waals surface area contributed by atoms with Gasteiger partial charge in [0.15, 0.2) is 0 Å². The lowest BCUT2D eigenvalue weighted by Gasteiger charge is -2.26. The first-order valence-corrected chi connectivity index (χ1v) is 6.92. The minimum Gasteiger partial charge on any atom is -0.395 e. The van der Waals surface area contributed by atoms with Gasteiger partial charge in [-0.15, -0.1) is 0 Å². The zero-order chi connectivity index (χ0) is 14.2. The summed E-state index contributed by atoms with van der Waals surface area (Å²) in [4.78, 5) is 18.1. The molecule has 1 aromatic rings. The van der Waals surface area contributed by atoms with E-state index in [-0.39, 0.29) is 12.6 Å². The van der Waals surface area contributed by atoms with Crippen LogP contribution in [0.15, 0.2) is 18.2 Å². The molecule has 0 bridgehead atoms. The van der Waals surface area contributed by atoms with Crippen LogP contribution in [-0.4, -0.2) is 40.7 Å². The van der Waals surface area contributed by atoms with Gasteiger partial charge in [0.1, 0.15) is 11.5 Å². The van der Waals surface area contributed by atoms with Crippen molar-refractivity contribution in [2.24, 2.45) is 0 Å². The molecule has 0 spiro atoms. The standard InChI is InChI=1S/C15H19N3O2/c19-12-5-2-7-13-8-6-9-14(16-13)17-15(20)18-10-3-1-4-11-18/h6,8-9,19H,1,3-5,10-12H2,(H,16,17,20). The van der Waals surface area contributed by atoms with Crippen LogP contribution in [0.4, 0.5) is 10.6 Å². The topological polar surface area (TPSA) is 65.5 Å². The molecule has 1 aromatic heterocycles. The van der Waals surface area contributed by atoms with E-state index in [1.165, 1.54) is 6.42 Å². The monoisotopic (exact) mass is 273 g/mol. The van der Waals surface area contributed by atoms with Crippen molar-refractivity contribution in [1.82, 2.24) is 9.88 Å². The Morgan fingerprint density at radius 3 is 2.90 bits per heavy atom. The van der Waals surface area contributed by atoms with E-state index in [0.717, 1.165) is 25.9 Å². The van der Waals surface area contributed by atoms with E-state index < -0.39 is 0 Å². The summed E-state index contributed by atoms with van der Waals surface area (Å²) in [6.07, 6.45) is 3.74. The van der Waals surface area contributed by atoms with E-state index in [1.807, 2.05) is 11.0 Å². The molecule has 1 saturated heterocycles. The van der Waals surface area contributed by atoms with Gasteiger partial charge >= 0.3 is 6.03 Å². The van der Waals surface area contributed by atoms with Crippen molar-refractivity contribution in [3.8, 4) is 11.8 Å². The average molecular weight is 273 g/mol. The highest BCUT2D eigenvalue weighted by atomic mass is 16.2. The van der Waals surface area contributed by atoms with Gasteiger partial charge in [0.05, 0.1) is 6.61 Å². The van der Waals surface area contributed by atoms with Gasteiger partial charge in [0.2, 0.25) is 0 Å². The first-order valence-electron chi connectivity index (χ1n) is 6.92. The molecule has 20 heavy (non-hydrogen) atoms. The maximum Gasteiger partial charge on any atom is 0.323 e. The number of aliphatic hydroxyl groups excluding tert-OH is 1. The summed E-state index contributed by atoms with van der Waals surface area (Å²) < 4.78 is 0. The molecule has 1 aliphatic rings. The molecule has 1 fully saturated rings. The Kier molecular flexibility index (Phi) is 5.39. The Bertz CT molecular complexity index is 513. The molecule has 0 radical (unpaired) electrons. The minimum atomic E-state index is -0.0994. The first kappa shape index (κ1) is 14.4. The molecule has 0 atom stereocenters. The van der Waals surface area contributed by atoms with Crippen molar-refractivity contribution in [2.45, 2.75) is 25.7 Å². The number of likely N-dealkylation sites (tertiary alicyclic amines) is 1. The van der Waals surface area contributed by atoms with Crippen molar-refractivity contribution >= 4 is 11.8 Å². The largest absolute Gasteiger partial charge is 0.395 e. The third-order valence-corrected chi connectivity index (χ3v) is 3.08. The number of nitrogens with zero attached hydrogens (tertiary/aromatic N) is 2. The summed E-state index contributed by atoms with van der Waals surface area (Å²) in [5, 5.41) is 11.5. The van der Waals surface area contributed by atoms with Gasteiger partial charge < -0.3 is 10.0 Å². The summed E-state index contributed by atoms with van der Waals surface area (Å²) in [7, 11) is 0. The van der Waals surface area contributed by atoms with Gasteiger partial charge in [0.25, 0.3) is 0 Å². The number of aromatic nitrogens is 1. The number of urea groups is 1. The van der Waals surface area contributed by atoms with Crippen LogP contribution in [0.2, 0.25) is 0 Å². The van der Waals surface area contributed by atoms with E-state index in [0.29, 0.717) is 17.9 Å². The molecule has 2 heterocycles. The number of amides is 2. The molecule has 0 aromatic carbocycles. The maximum absolute atomic E-state index is 12.0. The Morgan fingerprint density at radius 1 is 1.35 bits per heavy atom. The SMILES string of the molecule is O=C(Nc1cccc(C#CCCO)n1)N1CCCCC1. The number of carbonyl (C=O) groups is 1. The summed E-state index contributed by atoms with van der Waals surface area (Å²) in [6, 6.07) is 5.24. The van der Waals surface area contributed by atoms with Crippen LogP contribution in [0.3, 0.4) is 0 Å². The van der Waals surface area contributed by atoms with Crippen LogP contribution in [0, 0.1) is 11.8 Å². The molecule has 106 valence electrons. The highest BCUT2D eigenvalue weighted by Crippen LogP contribution is 2.11. The number of carbonyl (C=O) groups excluding carboxylic acids is 1. The summed E-state index contributed by atoms with van der Waals surface area (Å²) >= 11 is 0. The molecular weight excluding hydrogens is 254 g/mol. The van der Waals surface area contributed by atoms with Crippen molar-refractivity contribution < 1.29 is 9.90 Å². The number of piperidine rings is 1. The fourth-order valence-electron chi connectivity index (χ4n) is 2.07. The van der Waals surface area contributed by atoms with Gasteiger partial charge in [-0.05, 0) is 37.3 Å². The molecule has 0 unspecified atom stereocenters. The van der Waals surface area contributed by atoms with Gasteiger partial charge in [-0.3, -0.25) is 5.32 Å². The number of rotatable bonds is 2. The Hall–Kier alpha value is -2.06. The van der Waals surface area contributed by atoms with Gasteiger partial charge in [-0.2, -0.15) is 0 Å². The second kappa shape index (κ2) is 7.51. The van der Waals surface area contributed by atoms with Gasteiger partial charge in [-0.1, -0.05) is 12.0 Å². The molecular formula is C15H19N3O2. The van der Waals surface area contributed by atoms with E-state index in [9.17, 15) is 4.79 Å². The summed E-state index contributed by atoms with van der Waals surface area (Å²) in [6.45, 7) is 1.65. The lowest BCUT2D eigenvalue weighted by molar-refractivity contribution is 0.200. The predicted molar refractivity (Wildman–Crippen MR) is 77.3 cm³/mol. The molecule has 0 aliphatic carbocycles. The Labute approximate surface area is 119 Å². The smallest absolute Gasteiger partial charge is 0.323 e. The molecule has 2 rings (SSSR count). The van der Waals surface area contributed by atoms with E-state index >= 15 is 0 Å². The fraction of sp³-hybridized carbons (Fsp3) is 0.467. The molecule has 1 aliphatic heterocycles. The normalized spacial score (nSPS) is 14.3. The number of hydrogen-bond donors (Lipinski definition) is 2. The third kappa shape index (κ3) is 4.25. The van der Waals surface area contributed by atoms with Crippen LogP contribution in [0.25, 0.3) is 0 Å². The van der Waals surface area contributed by atoms with E-state index in [4.69, 9.17) is 5.11 Å². The Balaban J connectivity index is 1.97. The van der Waals surface area contributed by atoms with Crippen LogP contribution in [0.1, 0.15) is 31.4 Å². The molecule has 2 N–H and O–H groups in total. The van der Waals surface area contributed by atoms with Gasteiger partial charge in [0, 0.05) is 19.5 Å². The number of aliphatic hydroxyl groups is 1. The summed E-state index contributed by atoms with van der Waals surface area (Å²) in [5.41, 5.74) is 0.592. The highest BCUT2D eigenvalue weighted by molar-refractivity contribution is 5.88. The number of anilines is 1. The number of pyridine rings is 1. The van der Waals surface area contributed by atoms with Crippen molar-refractivity contribution in [2.75, 3.05) is 25.0 Å². The molecule has 0 saturated carbocycles. The van der Waals surface area contributed by atoms with E-state index in [2.05, 4.69) is 22.1 Å². The number of nitrogens with one attached hydrogen (secondary N) is 1. The highest BCUT2D eigenvalue weighted by Gasteiger charge is 2.16. The van der Waals surface area contributed by atoms with Crippen molar-refractivity contribution in [3.63, 3.8) is 0 Å². The van der Waals surface area contributed by atoms with E-state index in [1.54, 1.807) is 12.1 Å². The molecule has 5 nitrogen and oxygen atoms in total. The second-order valence-electron chi connectivity index (χ2n) is 4.66. The quantitative estimate of drug-likeness (QED) is 0.808. The molecule has 2 amide bonds. The average Bonchev–Trinajstić information content (AvgIpc) is 2.49. The zero-order valence-electron chi connectivity index (χ0n) is 11.4. The second-order valence-corrected chi connectivity index (χ2v) is 4.66. The maximum atomic E-state index is 12.0. The van der Waals surface area contributed by atoms with Crippen LogP contribution in [-0.2, 0) is 0 Å². The Morgan fingerprint density at radius 2 is 2.15 bits per heavy atom. The minimum absolute atomic E-state index is 0.0401. The third-order valence-electron chi connectivity index (χ3n) is 3.08.